The molecule has 20 heavy (non-hydrogen) atoms. The molecule has 1 heterocycles. The number of para-hydroxylation sites is 1. The first-order chi connectivity index (χ1) is 9.81. The lowest BCUT2D eigenvalue weighted by molar-refractivity contribution is 0.163. The van der Waals surface area contributed by atoms with Gasteiger partial charge in [-0.05, 0) is 25.0 Å². The van der Waals surface area contributed by atoms with E-state index in [1.807, 2.05) is 47.4 Å². The molecule has 0 bridgehead atoms. The number of nitrogens with zero attached hydrogens (tertiary/aromatic N) is 2. The number of hydrogen-bond donors (Lipinski definition) is 2. The van der Waals surface area contributed by atoms with E-state index in [2.05, 4.69) is 10.4 Å². The van der Waals surface area contributed by atoms with E-state index in [0.29, 0.717) is 0 Å². The summed E-state index contributed by atoms with van der Waals surface area (Å²) in [6.07, 6.45) is 8.47. The molecule has 0 spiro atoms. The standard InChI is InChI=1S/C16H21N3O/c20-13-16(8-4-5-9-16)17-10-14-11-18-19(12-14)15-6-2-1-3-7-15/h1-3,6-7,11-12,17,20H,4-5,8-10,13H2. The van der Waals surface area contributed by atoms with Crippen molar-refractivity contribution in [2.75, 3.05) is 6.61 Å². The molecule has 0 atom stereocenters. The lowest BCUT2D eigenvalue weighted by Crippen LogP contribution is -2.45. The molecule has 106 valence electrons. The van der Waals surface area contributed by atoms with Gasteiger partial charge in [0.1, 0.15) is 0 Å². The monoisotopic (exact) mass is 271 g/mol. The van der Waals surface area contributed by atoms with Gasteiger partial charge in [0, 0.05) is 23.8 Å². The zero-order chi connectivity index (χ0) is 13.8. The van der Waals surface area contributed by atoms with Gasteiger partial charge in [0.25, 0.3) is 0 Å². The highest BCUT2D eigenvalue weighted by molar-refractivity contribution is 5.30. The third-order valence-corrected chi connectivity index (χ3v) is 4.19. The van der Waals surface area contributed by atoms with E-state index in [0.717, 1.165) is 30.6 Å². The molecule has 2 aromatic rings. The molecule has 4 heteroatoms. The molecule has 0 radical (unpaired) electrons. The number of hydrogen-bond acceptors (Lipinski definition) is 3. The maximum atomic E-state index is 9.59. The van der Waals surface area contributed by atoms with Crippen LogP contribution < -0.4 is 5.32 Å². The van der Waals surface area contributed by atoms with Gasteiger partial charge in [-0.3, -0.25) is 0 Å². The lowest BCUT2D eigenvalue weighted by atomic mass is 9.99. The van der Waals surface area contributed by atoms with Crippen LogP contribution in [0.3, 0.4) is 0 Å². The van der Waals surface area contributed by atoms with Crippen LogP contribution in [0.2, 0.25) is 0 Å². The largest absolute Gasteiger partial charge is 0.394 e. The number of rotatable bonds is 5. The van der Waals surface area contributed by atoms with Gasteiger partial charge in [-0.2, -0.15) is 5.10 Å². The van der Waals surface area contributed by atoms with E-state index >= 15 is 0 Å². The van der Waals surface area contributed by atoms with Crippen LogP contribution in [0.25, 0.3) is 5.69 Å². The Labute approximate surface area is 119 Å². The van der Waals surface area contributed by atoms with Gasteiger partial charge >= 0.3 is 0 Å². The summed E-state index contributed by atoms with van der Waals surface area (Å²) in [6, 6.07) is 10.1. The maximum Gasteiger partial charge on any atom is 0.0645 e. The SMILES string of the molecule is OCC1(NCc2cnn(-c3ccccc3)c2)CCCC1. The second-order valence-electron chi connectivity index (χ2n) is 5.63. The van der Waals surface area contributed by atoms with E-state index in [1.165, 1.54) is 12.8 Å². The van der Waals surface area contributed by atoms with E-state index in [4.69, 9.17) is 0 Å². The Morgan fingerprint density at radius 2 is 1.95 bits per heavy atom. The molecule has 0 aliphatic heterocycles. The predicted octanol–water partition coefficient (Wildman–Crippen LogP) is 2.27. The van der Waals surface area contributed by atoms with Crippen molar-refractivity contribution >= 4 is 0 Å². The zero-order valence-electron chi connectivity index (χ0n) is 11.6. The van der Waals surface area contributed by atoms with E-state index in [9.17, 15) is 5.11 Å². The fourth-order valence-corrected chi connectivity index (χ4v) is 2.91. The Bertz CT molecular complexity index is 544. The molecule has 1 aromatic heterocycles. The minimum Gasteiger partial charge on any atom is -0.394 e. The van der Waals surface area contributed by atoms with Crippen LogP contribution in [0.15, 0.2) is 42.7 Å². The fraction of sp³-hybridized carbons (Fsp3) is 0.438. The smallest absolute Gasteiger partial charge is 0.0645 e. The third kappa shape index (κ3) is 2.76. The van der Waals surface area contributed by atoms with Gasteiger partial charge in [-0.15, -0.1) is 0 Å². The van der Waals surface area contributed by atoms with Crippen LogP contribution >= 0.6 is 0 Å². The predicted molar refractivity (Wildman–Crippen MR) is 78.7 cm³/mol. The Morgan fingerprint density at radius 1 is 1.20 bits per heavy atom. The average molecular weight is 271 g/mol. The third-order valence-electron chi connectivity index (χ3n) is 4.19. The van der Waals surface area contributed by atoms with Crippen LogP contribution in [-0.4, -0.2) is 27.0 Å². The summed E-state index contributed by atoms with van der Waals surface area (Å²) in [6.45, 7) is 0.979. The number of aliphatic hydroxyl groups is 1. The molecule has 2 N–H and O–H groups in total. The maximum absolute atomic E-state index is 9.59. The number of nitrogens with one attached hydrogen (secondary N) is 1. The molecule has 3 rings (SSSR count). The van der Waals surface area contributed by atoms with Gasteiger partial charge in [0.2, 0.25) is 0 Å². The van der Waals surface area contributed by atoms with Crippen LogP contribution in [0, 0.1) is 0 Å². The molecule has 1 saturated carbocycles. The molecule has 4 nitrogen and oxygen atoms in total. The molecular weight excluding hydrogens is 250 g/mol. The molecule has 1 aliphatic carbocycles. The highest BCUT2D eigenvalue weighted by atomic mass is 16.3. The summed E-state index contributed by atoms with van der Waals surface area (Å²) in [7, 11) is 0. The molecule has 0 saturated heterocycles. The number of aliphatic hydroxyl groups excluding tert-OH is 1. The first kappa shape index (κ1) is 13.3. The van der Waals surface area contributed by atoms with Crippen LogP contribution in [0.5, 0.6) is 0 Å². The number of benzene rings is 1. The minimum atomic E-state index is -0.0746. The molecule has 1 aliphatic rings. The van der Waals surface area contributed by atoms with Crippen LogP contribution in [0.1, 0.15) is 31.2 Å². The molecule has 0 unspecified atom stereocenters. The highest BCUT2D eigenvalue weighted by Gasteiger charge is 2.32. The van der Waals surface area contributed by atoms with Crippen molar-refractivity contribution in [3.63, 3.8) is 0 Å². The topological polar surface area (TPSA) is 50.1 Å². The molecule has 1 fully saturated rings. The van der Waals surface area contributed by atoms with Gasteiger partial charge in [0.15, 0.2) is 0 Å². The van der Waals surface area contributed by atoms with Crippen molar-refractivity contribution in [2.45, 2.75) is 37.8 Å². The number of aromatic nitrogens is 2. The Kier molecular flexibility index (Phi) is 3.85. The van der Waals surface area contributed by atoms with Crippen LogP contribution in [0.4, 0.5) is 0 Å². The van der Waals surface area contributed by atoms with Crippen molar-refractivity contribution in [1.82, 2.24) is 15.1 Å². The van der Waals surface area contributed by atoms with Gasteiger partial charge in [-0.25, -0.2) is 4.68 Å². The van der Waals surface area contributed by atoms with Gasteiger partial charge < -0.3 is 10.4 Å². The van der Waals surface area contributed by atoms with Crippen molar-refractivity contribution in [3.05, 3.63) is 48.3 Å². The molecule has 0 amide bonds. The van der Waals surface area contributed by atoms with Gasteiger partial charge in [0.05, 0.1) is 18.5 Å². The summed E-state index contributed by atoms with van der Waals surface area (Å²) >= 11 is 0. The van der Waals surface area contributed by atoms with E-state index in [-0.39, 0.29) is 12.1 Å². The van der Waals surface area contributed by atoms with Crippen molar-refractivity contribution in [2.24, 2.45) is 0 Å². The fourth-order valence-electron chi connectivity index (χ4n) is 2.91. The van der Waals surface area contributed by atoms with Crippen molar-refractivity contribution in [1.29, 1.82) is 0 Å². The minimum absolute atomic E-state index is 0.0746. The lowest BCUT2D eigenvalue weighted by Gasteiger charge is -2.27. The van der Waals surface area contributed by atoms with Crippen molar-refractivity contribution < 1.29 is 5.11 Å². The normalized spacial score (nSPS) is 17.4. The highest BCUT2D eigenvalue weighted by Crippen LogP contribution is 2.29. The average Bonchev–Trinajstić information content (AvgIpc) is 3.16. The summed E-state index contributed by atoms with van der Waals surface area (Å²) in [5, 5.41) is 17.5. The summed E-state index contributed by atoms with van der Waals surface area (Å²) in [5.41, 5.74) is 2.14. The Balaban J connectivity index is 1.66. The zero-order valence-corrected chi connectivity index (χ0v) is 11.6. The Hall–Kier alpha value is -1.65. The molecular formula is C16H21N3O. The first-order valence-corrected chi connectivity index (χ1v) is 7.26. The van der Waals surface area contributed by atoms with Crippen LogP contribution in [-0.2, 0) is 6.54 Å². The van der Waals surface area contributed by atoms with E-state index < -0.39 is 0 Å². The van der Waals surface area contributed by atoms with E-state index in [1.54, 1.807) is 0 Å². The second-order valence-corrected chi connectivity index (χ2v) is 5.63. The van der Waals surface area contributed by atoms with Crippen molar-refractivity contribution in [3.8, 4) is 5.69 Å². The summed E-state index contributed by atoms with van der Waals surface area (Å²) in [5.74, 6) is 0. The Morgan fingerprint density at radius 3 is 2.65 bits per heavy atom. The quantitative estimate of drug-likeness (QED) is 0.877. The summed E-state index contributed by atoms with van der Waals surface area (Å²) in [4.78, 5) is 0. The second kappa shape index (κ2) is 5.77. The summed E-state index contributed by atoms with van der Waals surface area (Å²) < 4.78 is 1.89. The molecule has 1 aromatic carbocycles. The van der Waals surface area contributed by atoms with Gasteiger partial charge in [-0.1, -0.05) is 31.0 Å². The first-order valence-electron chi connectivity index (χ1n) is 7.26.